The maximum Gasteiger partial charge on any atom is 0.295 e. The van der Waals surface area contributed by atoms with Gasteiger partial charge in [0.2, 0.25) is 0 Å². The molecule has 1 amide bonds. The SMILES string of the molecule is COc1ccc(OC)c(/C(O)=C2/C(=O)C(=O)N(CCOC(C)C)C2c2ccco2)c1. The van der Waals surface area contributed by atoms with Crippen molar-refractivity contribution in [2.75, 3.05) is 27.4 Å². The van der Waals surface area contributed by atoms with Crippen LogP contribution in [0.2, 0.25) is 0 Å². The molecule has 1 aliphatic rings. The summed E-state index contributed by atoms with van der Waals surface area (Å²) in [6.45, 7) is 4.17. The zero-order chi connectivity index (χ0) is 21.8. The number of hydrogen-bond donors (Lipinski definition) is 1. The van der Waals surface area contributed by atoms with E-state index in [4.69, 9.17) is 18.6 Å². The molecule has 0 radical (unpaired) electrons. The minimum Gasteiger partial charge on any atom is -0.507 e. The van der Waals surface area contributed by atoms with Gasteiger partial charge < -0.3 is 28.6 Å². The first-order chi connectivity index (χ1) is 14.4. The normalized spacial score (nSPS) is 18.3. The Labute approximate surface area is 174 Å². The number of carbonyl (C=O) groups is 2. The van der Waals surface area contributed by atoms with Crippen molar-refractivity contribution in [3.8, 4) is 11.5 Å². The molecule has 3 rings (SSSR count). The second kappa shape index (κ2) is 9.04. The number of furan rings is 1. The van der Waals surface area contributed by atoms with E-state index in [0.29, 0.717) is 17.3 Å². The zero-order valence-electron chi connectivity index (χ0n) is 17.4. The van der Waals surface area contributed by atoms with Crippen LogP contribution >= 0.6 is 0 Å². The number of methoxy groups -OCH3 is 2. The molecule has 1 atom stereocenters. The number of rotatable bonds is 8. The number of nitrogens with zero attached hydrogens (tertiary/aromatic N) is 1. The first-order valence-corrected chi connectivity index (χ1v) is 9.54. The Bertz CT molecular complexity index is 946. The van der Waals surface area contributed by atoms with Crippen LogP contribution in [-0.2, 0) is 14.3 Å². The van der Waals surface area contributed by atoms with Gasteiger partial charge in [-0.05, 0) is 44.2 Å². The summed E-state index contributed by atoms with van der Waals surface area (Å²) in [5, 5.41) is 11.1. The van der Waals surface area contributed by atoms with Crippen molar-refractivity contribution in [2.24, 2.45) is 0 Å². The van der Waals surface area contributed by atoms with E-state index in [1.54, 1.807) is 30.3 Å². The quantitative estimate of drug-likeness (QED) is 0.402. The molecule has 0 spiro atoms. The summed E-state index contributed by atoms with van der Waals surface area (Å²) in [4.78, 5) is 27.1. The minimum atomic E-state index is -0.883. The topological polar surface area (TPSA) is 98.4 Å². The summed E-state index contributed by atoms with van der Waals surface area (Å²) in [5.74, 6) is -0.734. The largest absolute Gasteiger partial charge is 0.507 e. The molecule has 2 heterocycles. The Balaban J connectivity index is 2.11. The number of likely N-dealkylation sites (tertiary alicyclic amines) is 1. The maximum absolute atomic E-state index is 12.9. The van der Waals surface area contributed by atoms with Gasteiger partial charge in [-0.3, -0.25) is 9.59 Å². The average Bonchev–Trinajstić information content (AvgIpc) is 3.35. The van der Waals surface area contributed by atoms with E-state index < -0.39 is 17.7 Å². The number of hydrogen-bond acceptors (Lipinski definition) is 7. The molecular weight excluding hydrogens is 390 g/mol. The smallest absolute Gasteiger partial charge is 0.295 e. The second-order valence-electron chi connectivity index (χ2n) is 6.99. The lowest BCUT2D eigenvalue weighted by atomic mass is 9.98. The highest BCUT2D eigenvalue weighted by atomic mass is 16.5. The van der Waals surface area contributed by atoms with Gasteiger partial charge >= 0.3 is 0 Å². The predicted octanol–water partition coefficient (Wildman–Crippen LogP) is 3.14. The van der Waals surface area contributed by atoms with E-state index in [0.717, 1.165) is 0 Å². The van der Waals surface area contributed by atoms with Crippen LogP contribution in [0.5, 0.6) is 11.5 Å². The van der Waals surface area contributed by atoms with Gasteiger partial charge in [0.25, 0.3) is 11.7 Å². The maximum atomic E-state index is 12.9. The molecule has 2 aromatic rings. The standard InChI is InChI=1S/C22H25NO7/c1-13(2)29-11-9-23-19(17-6-5-10-30-17)18(21(25)22(23)26)20(24)15-12-14(27-3)7-8-16(15)28-4/h5-8,10,12-13,19,24H,9,11H2,1-4H3/b20-18-. The van der Waals surface area contributed by atoms with Crippen molar-refractivity contribution in [1.82, 2.24) is 4.90 Å². The van der Waals surface area contributed by atoms with E-state index in [2.05, 4.69) is 0 Å². The fourth-order valence-electron chi connectivity index (χ4n) is 3.38. The Hall–Kier alpha value is -3.26. The van der Waals surface area contributed by atoms with Gasteiger partial charge in [0.15, 0.2) is 0 Å². The van der Waals surface area contributed by atoms with E-state index in [1.807, 2.05) is 13.8 Å². The number of amides is 1. The van der Waals surface area contributed by atoms with Crippen molar-refractivity contribution in [1.29, 1.82) is 0 Å². The van der Waals surface area contributed by atoms with Gasteiger partial charge in [-0.15, -0.1) is 0 Å². The number of ketones is 1. The third-order valence-electron chi connectivity index (χ3n) is 4.80. The number of Topliss-reactive ketones (excluding diaryl/α,β-unsaturated/α-hetero) is 1. The molecule has 0 bridgehead atoms. The first-order valence-electron chi connectivity index (χ1n) is 9.54. The Morgan fingerprint density at radius 2 is 1.97 bits per heavy atom. The molecule has 8 nitrogen and oxygen atoms in total. The monoisotopic (exact) mass is 415 g/mol. The molecule has 1 fully saturated rings. The van der Waals surface area contributed by atoms with Gasteiger partial charge in [-0.1, -0.05) is 0 Å². The summed E-state index contributed by atoms with van der Waals surface area (Å²) in [6, 6.07) is 7.26. The predicted molar refractivity (Wildman–Crippen MR) is 108 cm³/mol. The van der Waals surface area contributed by atoms with Crippen LogP contribution in [0.4, 0.5) is 0 Å². The van der Waals surface area contributed by atoms with Crippen molar-refractivity contribution in [2.45, 2.75) is 26.0 Å². The summed E-state index contributed by atoms with van der Waals surface area (Å²) >= 11 is 0. The Morgan fingerprint density at radius 1 is 1.20 bits per heavy atom. The number of carbonyl (C=O) groups excluding carboxylic acids is 2. The van der Waals surface area contributed by atoms with Crippen LogP contribution in [-0.4, -0.2) is 55.2 Å². The van der Waals surface area contributed by atoms with E-state index in [-0.39, 0.29) is 36.2 Å². The third kappa shape index (κ3) is 4.04. The van der Waals surface area contributed by atoms with Crippen LogP contribution < -0.4 is 9.47 Å². The fraction of sp³-hybridized carbons (Fsp3) is 0.364. The number of aliphatic hydroxyl groups excluding tert-OH is 1. The fourth-order valence-corrected chi connectivity index (χ4v) is 3.38. The summed E-state index contributed by atoms with van der Waals surface area (Å²) in [6.07, 6.45) is 1.43. The van der Waals surface area contributed by atoms with E-state index in [9.17, 15) is 14.7 Å². The minimum absolute atomic E-state index is 0.0232. The van der Waals surface area contributed by atoms with E-state index in [1.165, 1.54) is 25.4 Å². The molecular formula is C22H25NO7. The van der Waals surface area contributed by atoms with Gasteiger partial charge in [-0.2, -0.15) is 0 Å². The lowest BCUT2D eigenvalue weighted by Gasteiger charge is -2.23. The van der Waals surface area contributed by atoms with Crippen molar-refractivity contribution < 1.29 is 33.3 Å². The third-order valence-corrected chi connectivity index (χ3v) is 4.80. The average molecular weight is 415 g/mol. The zero-order valence-corrected chi connectivity index (χ0v) is 17.4. The summed E-state index contributed by atoms with van der Waals surface area (Å²) in [7, 11) is 2.94. The van der Waals surface area contributed by atoms with Crippen LogP contribution in [0.3, 0.4) is 0 Å². The van der Waals surface area contributed by atoms with Crippen molar-refractivity contribution >= 4 is 17.4 Å². The molecule has 1 aromatic heterocycles. The Morgan fingerprint density at radius 3 is 2.57 bits per heavy atom. The van der Waals surface area contributed by atoms with Crippen LogP contribution in [0.1, 0.15) is 31.2 Å². The molecule has 1 unspecified atom stereocenters. The number of benzene rings is 1. The van der Waals surface area contributed by atoms with Crippen molar-refractivity contribution in [3.63, 3.8) is 0 Å². The van der Waals surface area contributed by atoms with Crippen molar-refractivity contribution in [3.05, 3.63) is 53.5 Å². The molecule has 0 aliphatic carbocycles. The highest BCUT2D eigenvalue weighted by molar-refractivity contribution is 6.46. The summed E-state index contributed by atoms with van der Waals surface area (Å²) in [5.41, 5.74) is 0.163. The number of aliphatic hydroxyl groups is 1. The van der Waals surface area contributed by atoms with E-state index >= 15 is 0 Å². The lowest BCUT2D eigenvalue weighted by molar-refractivity contribution is -0.140. The molecule has 1 aromatic carbocycles. The highest BCUT2D eigenvalue weighted by Gasteiger charge is 2.47. The van der Waals surface area contributed by atoms with Crippen LogP contribution in [0.25, 0.3) is 5.76 Å². The Kier molecular flexibility index (Phi) is 6.47. The van der Waals surface area contributed by atoms with Gasteiger partial charge in [0, 0.05) is 6.54 Å². The lowest BCUT2D eigenvalue weighted by Crippen LogP contribution is -2.33. The number of ether oxygens (including phenoxy) is 3. The van der Waals surface area contributed by atoms with Gasteiger partial charge in [0.05, 0.1) is 44.3 Å². The van der Waals surface area contributed by atoms with Gasteiger partial charge in [0.1, 0.15) is 29.1 Å². The first kappa shape index (κ1) is 21.4. The molecule has 30 heavy (non-hydrogen) atoms. The molecule has 0 saturated carbocycles. The van der Waals surface area contributed by atoms with Crippen LogP contribution in [0.15, 0.2) is 46.6 Å². The van der Waals surface area contributed by atoms with Gasteiger partial charge in [-0.25, -0.2) is 0 Å². The highest BCUT2D eigenvalue weighted by Crippen LogP contribution is 2.41. The molecule has 160 valence electrons. The van der Waals surface area contributed by atoms with Crippen LogP contribution in [0, 0.1) is 0 Å². The molecule has 8 heteroatoms. The summed E-state index contributed by atoms with van der Waals surface area (Å²) < 4.78 is 21.6. The molecule has 1 aliphatic heterocycles. The molecule has 1 N–H and O–H groups in total. The molecule has 1 saturated heterocycles. The second-order valence-corrected chi connectivity index (χ2v) is 6.99.